The van der Waals surface area contributed by atoms with Gasteiger partial charge in [-0.05, 0) is 56.2 Å². The smallest absolute Gasteiger partial charge is 0.259 e. The molecular formula is C20H22N2O4. The van der Waals surface area contributed by atoms with Gasteiger partial charge in [-0.2, -0.15) is 0 Å². The van der Waals surface area contributed by atoms with E-state index in [9.17, 15) is 14.7 Å². The number of likely N-dealkylation sites (tertiary alicyclic amines) is 1. The fourth-order valence-electron chi connectivity index (χ4n) is 3.18. The highest BCUT2D eigenvalue weighted by atomic mass is 16.5. The molecule has 0 spiro atoms. The summed E-state index contributed by atoms with van der Waals surface area (Å²) in [6, 6.07) is 9.75. The van der Waals surface area contributed by atoms with Gasteiger partial charge in [-0.1, -0.05) is 0 Å². The molecule has 1 N–H and O–H groups in total. The average molecular weight is 354 g/mol. The number of aromatic hydroxyl groups is 1. The summed E-state index contributed by atoms with van der Waals surface area (Å²) in [6.45, 7) is 3.34. The molecule has 26 heavy (non-hydrogen) atoms. The first-order chi connectivity index (χ1) is 12.6. The van der Waals surface area contributed by atoms with Gasteiger partial charge in [0.1, 0.15) is 11.3 Å². The Morgan fingerprint density at radius 3 is 2.54 bits per heavy atom. The third-order valence-corrected chi connectivity index (χ3v) is 4.59. The van der Waals surface area contributed by atoms with Crippen molar-refractivity contribution in [3.8, 4) is 11.6 Å². The van der Waals surface area contributed by atoms with E-state index in [0.29, 0.717) is 49.5 Å². The second-order valence-electron chi connectivity index (χ2n) is 6.27. The molecule has 1 aliphatic rings. The van der Waals surface area contributed by atoms with Gasteiger partial charge in [0.05, 0.1) is 6.61 Å². The van der Waals surface area contributed by atoms with Crippen molar-refractivity contribution in [2.24, 2.45) is 5.92 Å². The molecule has 3 rings (SSSR count). The summed E-state index contributed by atoms with van der Waals surface area (Å²) in [5.74, 6) is 0.334. The summed E-state index contributed by atoms with van der Waals surface area (Å²) in [7, 11) is 0. The first kappa shape index (κ1) is 17.9. The molecule has 0 saturated carbocycles. The van der Waals surface area contributed by atoms with E-state index in [1.165, 1.54) is 12.1 Å². The molecule has 2 heterocycles. The zero-order chi connectivity index (χ0) is 18.5. The Hall–Kier alpha value is -2.89. The molecule has 1 aromatic carbocycles. The molecule has 0 aliphatic carbocycles. The number of hydrogen-bond donors (Lipinski definition) is 1. The summed E-state index contributed by atoms with van der Waals surface area (Å²) in [5.41, 5.74) is 1.05. The van der Waals surface area contributed by atoms with Crippen LogP contribution in [0, 0.1) is 5.92 Å². The van der Waals surface area contributed by atoms with Crippen LogP contribution in [0.3, 0.4) is 0 Å². The van der Waals surface area contributed by atoms with Crippen LogP contribution in [-0.4, -0.2) is 46.4 Å². The van der Waals surface area contributed by atoms with Crippen molar-refractivity contribution in [3.05, 3.63) is 53.7 Å². The van der Waals surface area contributed by atoms with Crippen molar-refractivity contribution < 1.29 is 19.4 Å². The van der Waals surface area contributed by atoms with E-state index in [0.717, 1.165) is 0 Å². The Balaban J connectivity index is 1.64. The van der Waals surface area contributed by atoms with E-state index in [-0.39, 0.29) is 23.4 Å². The zero-order valence-electron chi connectivity index (χ0n) is 14.7. The number of benzene rings is 1. The van der Waals surface area contributed by atoms with Crippen molar-refractivity contribution in [2.75, 3.05) is 19.7 Å². The Morgan fingerprint density at radius 2 is 1.88 bits per heavy atom. The van der Waals surface area contributed by atoms with E-state index in [1.54, 1.807) is 35.4 Å². The van der Waals surface area contributed by atoms with Gasteiger partial charge in [-0.3, -0.25) is 9.59 Å². The number of pyridine rings is 1. The lowest BCUT2D eigenvalue weighted by atomic mass is 9.88. The Bertz CT molecular complexity index is 781. The summed E-state index contributed by atoms with van der Waals surface area (Å²) in [5, 5.41) is 9.34. The SMILES string of the molecule is CCOc1ncccc1C(=O)N1CCC(C(=O)c2ccc(O)cc2)CC1. The van der Waals surface area contributed by atoms with E-state index in [1.807, 2.05) is 6.92 Å². The minimum atomic E-state index is -0.114. The molecule has 2 aromatic rings. The number of carbonyl (C=O) groups is 2. The van der Waals surface area contributed by atoms with Crippen molar-refractivity contribution in [1.29, 1.82) is 0 Å². The Labute approximate surface area is 152 Å². The predicted octanol–water partition coefficient (Wildman–Crippen LogP) is 2.92. The lowest BCUT2D eigenvalue weighted by molar-refractivity contribution is 0.0646. The number of aromatic nitrogens is 1. The van der Waals surface area contributed by atoms with E-state index in [4.69, 9.17) is 4.74 Å². The van der Waals surface area contributed by atoms with E-state index >= 15 is 0 Å². The monoisotopic (exact) mass is 354 g/mol. The number of amides is 1. The van der Waals surface area contributed by atoms with Gasteiger partial charge in [0.15, 0.2) is 5.78 Å². The number of hydrogen-bond acceptors (Lipinski definition) is 5. The third kappa shape index (κ3) is 3.85. The highest BCUT2D eigenvalue weighted by Gasteiger charge is 2.29. The number of piperidine rings is 1. The van der Waals surface area contributed by atoms with E-state index < -0.39 is 0 Å². The maximum absolute atomic E-state index is 12.8. The predicted molar refractivity (Wildman–Crippen MR) is 96.5 cm³/mol. The lowest BCUT2D eigenvalue weighted by Gasteiger charge is -2.31. The Kier molecular flexibility index (Phi) is 5.51. The van der Waals surface area contributed by atoms with Crippen LogP contribution >= 0.6 is 0 Å². The van der Waals surface area contributed by atoms with Crippen molar-refractivity contribution in [3.63, 3.8) is 0 Å². The van der Waals surface area contributed by atoms with Crippen LogP contribution in [0.4, 0.5) is 0 Å². The van der Waals surface area contributed by atoms with Crippen molar-refractivity contribution in [2.45, 2.75) is 19.8 Å². The second-order valence-corrected chi connectivity index (χ2v) is 6.27. The standard InChI is InChI=1S/C20H22N2O4/c1-2-26-19-17(4-3-11-21-19)20(25)22-12-9-15(10-13-22)18(24)14-5-7-16(23)8-6-14/h3-8,11,15,23H,2,9-10,12-13H2,1H3. The number of ether oxygens (including phenoxy) is 1. The molecule has 0 bridgehead atoms. The molecule has 6 heteroatoms. The van der Waals surface area contributed by atoms with Crippen LogP contribution in [-0.2, 0) is 0 Å². The van der Waals surface area contributed by atoms with E-state index in [2.05, 4.69) is 4.98 Å². The molecule has 6 nitrogen and oxygen atoms in total. The number of Topliss-reactive ketones (excluding diaryl/α,β-unsaturated/α-hetero) is 1. The fourth-order valence-corrected chi connectivity index (χ4v) is 3.18. The first-order valence-electron chi connectivity index (χ1n) is 8.80. The molecule has 0 unspecified atom stereocenters. The number of carbonyl (C=O) groups excluding carboxylic acids is 2. The van der Waals surface area contributed by atoms with Gasteiger partial charge >= 0.3 is 0 Å². The number of phenols is 1. The minimum Gasteiger partial charge on any atom is -0.508 e. The summed E-state index contributed by atoms with van der Waals surface area (Å²) in [4.78, 5) is 31.2. The average Bonchev–Trinajstić information content (AvgIpc) is 2.68. The lowest BCUT2D eigenvalue weighted by Crippen LogP contribution is -2.40. The van der Waals surface area contributed by atoms with Crippen LogP contribution < -0.4 is 4.74 Å². The normalized spacial score (nSPS) is 14.9. The van der Waals surface area contributed by atoms with Gasteiger partial charge in [-0.15, -0.1) is 0 Å². The molecule has 1 saturated heterocycles. The first-order valence-corrected chi connectivity index (χ1v) is 8.80. The summed E-state index contributed by atoms with van der Waals surface area (Å²) < 4.78 is 5.44. The van der Waals surface area contributed by atoms with Crippen LogP contribution in [0.5, 0.6) is 11.6 Å². The number of rotatable bonds is 5. The molecule has 0 atom stereocenters. The van der Waals surface area contributed by atoms with Crippen LogP contribution in [0.1, 0.15) is 40.5 Å². The maximum atomic E-state index is 12.8. The molecule has 1 fully saturated rings. The molecule has 1 aliphatic heterocycles. The minimum absolute atomic E-state index is 0.0634. The fraction of sp³-hybridized carbons (Fsp3) is 0.350. The summed E-state index contributed by atoms with van der Waals surface area (Å²) in [6.07, 6.45) is 2.84. The molecule has 1 amide bonds. The zero-order valence-corrected chi connectivity index (χ0v) is 14.7. The molecule has 1 aromatic heterocycles. The Morgan fingerprint density at radius 1 is 1.19 bits per heavy atom. The largest absolute Gasteiger partial charge is 0.508 e. The number of nitrogens with zero attached hydrogens (tertiary/aromatic N) is 2. The van der Waals surface area contributed by atoms with Gasteiger partial charge < -0.3 is 14.7 Å². The highest BCUT2D eigenvalue weighted by molar-refractivity contribution is 5.99. The van der Waals surface area contributed by atoms with Crippen molar-refractivity contribution >= 4 is 11.7 Å². The van der Waals surface area contributed by atoms with Gasteiger partial charge in [0.25, 0.3) is 5.91 Å². The second kappa shape index (κ2) is 7.99. The van der Waals surface area contributed by atoms with Gasteiger partial charge in [-0.25, -0.2) is 4.98 Å². The van der Waals surface area contributed by atoms with Gasteiger partial charge in [0, 0.05) is 30.8 Å². The van der Waals surface area contributed by atoms with Crippen LogP contribution in [0.15, 0.2) is 42.6 Å². The number of phenolic OH excluding ortho intramolecular Hbond substituents is 1. The topological polar surface area (TPSA) is 79.7 Å². The number of ketones is 1. The summed E-state index contributed by atoms with van der Waals surface area (Å²) >= 11 is 0. The molecule has 136 valence electrons. The van der Waals surface area contributed by atoms with Crippen LogP contribution in [0.25, 0.3) is 0 Å². The third-order valence-electron chi connectivity index (χ3n) is 4.59. The van der Waals surface area contributed by atoms with Crippen LogP contribution in [0.2, 0.25) is 0 Å². The molecular weight excluding hydrogens is 332 g/mol. The van der Waals surface area contributed by atoms with Gasteiger partial charge in [0.2, 0.25) is 5.88 Å². The highest BCUT2D eigenvalue weighted by Crippen LogP contribution is 2.25. The molecule has 0 radical (unpaired) electrons. The quantitative estimate of drug-likeness (QED) is 0.835. The maximum Gasteiger partial charge on any atom is 0.259 e. The van der Waals surface area contributed by atoms with Crippen molar-refractivity contribution in [1.82, 2.24) is 9.88 Å².